The highest BCUT2D eigenvalue weighted by atomic mass is 16.5. The minimum absolute atomic E-state index is 0.107. The van der Waals surface area contributed by atoms with Crippen molar-refractivity contribution in [3.63, 3.8) is 0 Å². The fraction of sp³-hybridized carbons (Fsp3) is 0.738. The number of nitrogens with one attached hydrogen (secondary N) is 1. The van der Waals surface area contributed by atoms with Crippen molar-refractivity contribution in [1.82, 2.24) is 5.32 Å². The van der Waals surface area contributed by atoms with Crippen molar-refractivity contribution in [2.75, 3.05) is 6.54 Å². The number of rotatable bonds is 35. The van der Waals surface area contributed by atoms with Crippen molar-refractivity contribution in [2.24, 2.45) is 0 Å². The molecule has 0 saturated heterocycles. The van der Waals surface area contributed by atoms with Crippen molar-refractivity contribution < 1.29 is 24.2 Å². The fourth-order valence-corrected chi connectivity index (χ4v) is 5.50. The largest absolute Gasteiger partial charge is 0.480 e. The zero-order valence-corrected chi connectivity index (χ0v) is 31.1. The molecule has 0 spiro atoms. The summed E-state index contributed by atoms with van der Waals surface area (Å²) in [5.41, 5.74) is 0. The highest BCUT2D eigenvalue weighted by molar-refractivity contribution is 5.80. The Labute approximate surface area is 295 Å². The maximum absolute atomic E-state index is 12.6. The summed E-state index contributed by atoms with van der Waals surface area (Å²) >= 11 is 0. The van der Waals surface area contributed by atoms with E-state index in [0.717, 1.165) is 70.6 Å². The summed E-state index contributed by atoms with van der Waals surface area (Å²) in [5.74, 6) is -1.36. The number of hydrogen-bond acceptors (Lipinski definition) is 4. The molecule has 6 heteroatoms. The second kappa shape index (κ2) is 37.2. The van der Waals surface area contributed by atoms with Crippen molar-refractivity contribution in [3.05, 3.63) is 48.6 Å². The van der Waals surface area contributed by atoms with Gasteiger partial charge < -0.3 is 15.2 Å². The van der Waals surface area contributed by atoms with Crippen molar-refractivity contribution in [3.8, 4) is 0 Å². The molecule has 0 radical (unpaired) electrons. The van der Waals surface area contributed by atoms with E-state index in [0.29, 0.717) is 12.8 Å². The monoisotopic (exact) mass is 672 g/mol. The van der Waals surface area contributed by atoms with Gasteiger partial charge in [0, 0.05) is 12.8 Å². The average molecular weight is 672 g/mol. The lowest BCUT2D eigenvalue weighted by Gasteiger charge is -2.14. The van der Waals surface area contributed by atoms with Crippen LogP contribution in [0, 0.1) is 0 Å². The summed E-state index contributed by atoms with van der Waals surface area (Å²) in [6.45, 7) is 4.10. The number of hydrogen-bond donors (Lipinski definition) is 2. The molecule has 0 rings (SSSR count). The van der Waals surface area contributed by atoms with E-state index in [-0.39, 0.29) is 24.5 Å². The average Bonchev–Trinajstić information content (AvgIpc) is 3.07. The van der Waals surface area contributed by atoms with Crippen molar-refractivity contribution >= 4 is 17.8 Å². The number of unbranched alkanes of at least 4 members (excludes halogenated alkanes) is 18. The standard InChI is InChI=1S/C42H73NO5/c1-3-5-7-9-11-12-13-14-15-16-17-18-19-20-21-22-23-24-25-27-33-37-42(47)48-39(34-30-26-10-8-6-4-2)35-31-28-29-32-36-40(44)43-38-41(45)46/h8,10,13-14,16-17,30,34,39H,3-7,9,11-12,15,18-29,31-33,35-38H2,1-2H3,(H,43,44)(H,45,46)/b10-8-,14-13-,17-16-,34-30-. The minimum atomic E-state index is -1.03. The molecule has 0 aromatic carbocycles. The number of ether oxygens (including phenoxy) is 1. The van der Waals surface area contributed by atoms with Gasteiger partial charge in [-0.3, -0.25) is 14.4 Å². The summed E-state index contributed by atoms with van der Waals surface area (Å²) in [7, 11) is 0. The molecule has 0 saturated carbocycles. The summed E-state index contributed by atoms with van der Waals surface area (Å²) in [4.78, 5) is 34.8. The maximum atomic E-state index is 12.6. The molecule has 1 amide bonds. The molecule has 0 bridgehead atoms. The molecule has 0 aromatic heterocycles. The topological polar surface area (TPSA) is 92.7 Å². The highest BCUT2D eigenvalue weighted by Crippen LogP contribution is 2.15. The predicted octanol–water partition coefficient (Wildman–Crippen LogP) is 11.9. The molecule has 276 valence electrons. The van der Waals surface area contributed by atoms with Gasteiger partial charge >= 0.3 is 11.9 Å². The van der Waals surface area contributed by atoms with Gasteiger partial charge in [0.15, 0.2) is 0 Å². The van der Waals surface area contributed by atoms with E-state index in [9.17, 15) is 14.4 Å². The summed E-state index contributed by atoms with van der Waals surface area (Å²) in [5, 5.41) is 11.0. The minimum Gasteiger partial charge on any atom is -0.480 e. The molecule has 0 aliphatic carbocycles. The van der Waals surface area contributed by atoms with Gasteiger partial charge in [-0.05, 0) is 76.7 Å². The van der Waals surface area contributed by atoms with E-state index in [1.54, 1.807) is 0 Å². The Hall–Kier alpha value is -2.63. The molecule has 1 unspecified atom stereocenters. The molecular formula is C42H73NO5. The van der Waals surface area contributed by atoms with Gasteiger partial charge in [-0.25, -0.2) is 0 Å². The number of allylic oxidation sites excluding steroid dienone is 7. The SMILES string of the molecule is CCC/C=C\C/C=C\C(CCCCCCC(=O)NCC(=O)O)OC(=O)CCCCCCCCCCC/C=C\C/C=C\CCCCCCC. The van der Waals surface area contributed by atoms with Crippen LogP contribution in [0.1, 0.15) is 187 Å². The van der Waals surface area contributed by atoms with E-state index in [2.05, 4.69) is 61.7 Å². The van der Waals surface area contributed by atoms with Gasteiger partial charge in [0.2, 0.25) is 5.91 Å². The first-order valence-electron chi connectivity index (χ1n) is 19.8. The molecule has 48 heavy (non-hydrogen) atoms. The predicted molar refractivity (Wildman–Crippen MR) is 203 cm³/mol. The van der Waals surface area contributed by atoms with Gasteiger partial charge in [0.1, 0.15) is 12.6 Å². The lowest BCUT2D eigenvalue weighted by Crippen LogP contribution is -2.28. The van der Waals surface area contributed by atoms with E-state index in [1.807, 2.05) is 6.08 Å². The number of aliphatic carboxylic acids is 1. The van der Waals surface area contributed by atoms with Gasteiger partial charge in [-0.1, -0.05) is 146 Å². The van der Waals surface area contributed by atoms with Crippen LogP contribution in [0.2, 0.25) is 0 Å². The lowest BCUT2D eigenvalue weighted by molar-refractivity contribution is -0.147. The third-order valence-corrected chi connectivity index (χ3v) is 8.44. The van der Waals surface area contributed by atoms with Gasteiger partial charge in [0.25, 0.3) is 0 Å². The number of carboxylic acid groups (broad SMARTS) is 1. The summed E-state index contributed by atoms with van der Waals surface area (Å²) < 4.78 is 5.84. The normalized spacial score (nSPS) is 12.5. The van der Waals surface area contributed by atoms with Crippen molar-refractivity contribution in [1.29, 1.82) is 0 Å². The smallest absolute Gasteiger partial charge is 0.322 e. The van der Waals surface area contributed by atoms with Crippen LogP contribution in [-0.4, -0.2) is 35.6 Å². The number of amides is 1. The Morgan fingerprint density at radius 3 is 1.65 bits per heavy atom. The van der Waals surface area contributed by atoms with Gasteiger partial charge in [-0.15, -0.1) is 0 Å². The third-order valence-electron chi connectivity index (χ3n) is 8.44. The Bertz CT molecular complexity index is 875. The Balaban J connectivity index is 3.96. The molecule has 0 aromatic rings. The van der Waals surface area contributed by atoms with Crippen molar-refractivity contribution in [2.45, 2.75) is 193 Å². The van der Waals surface area contributed by atoms with E-state index in [4.69, 9.17) is 9.84 Å². The Kier molecular flexibility index (Phi) is 35.2. The van der Waals surface area contributed by atoms with Crippen LogP contribution in [0.4, 0.5) is 0 Å². The first kappa shape index (κ1) is 45.4. The van der Waals surface area contributed by atoms with Crippen LogP contribution in [0.5, 0.6) is 0 Å². The molecule has 2 N–H and O–H groups in total. The molecule has 0 aliphatic heterocycles. The zero-order chi connectivity index (χ0) is 35.2. The third kappa shape index (κ3) is 36.2. The lowest BCUT2D eigenvalue weighted by atomic mass is 10.1. The summed E-state index contributed by atoms with van der Waals surface area (Å²) in [6, 6.07) is 0. The molecule has 0 aliphatic rings. The van der Waals surface area contributed by atoms with Crippen LogP contribution in [0.15, 0.2) is 48.6 Å². The summed E-state index contributed by atoms with van der Waals surface area (Å²) in [6.07, 6.45) is 46.9. The molecular weight excluding hydrogens is 598 g/mol. The molecule has 6 nitrogen and oxygen atoms in total. The second-order valence-electron chi connectivity index (χ2n) is 13.2. The number of esters is 1. The molecule has 1 atom stereocenters. The fourth-order valence-electron chi connectivity index (χ4n) is 5.50. The second-order valence-corrected chi connectivity index (χ2v) is 13.2. The van der Waals surface area contributed by atoms with Gasteiger partial charge in [0.05, 0.1) is 0 Å². The van der Waals surface area contributed by atoms with E-state index >= 15 is 0 Å². The van der Waals surface area contributed by atoms with Crippen LogP contribution >= 0.6 is 0 Å². The Morgan fingerprint density at radius 2 is 1.06 bits per heavy atom. The number of carboxylic acids is 1. The number of carbonyl (C=O) groups is 3. The van der Waals surface area contributed by atoms with Crippen LogP contribution in [0.25, 0.3) is 0 Å². The molecule has 0 heterocycles. The van der Waals surface area contributed by atoms with Gasteiger partial charge in [-0.2, -0.15) is 0 Å². The Morgan fingerprint density at radius 1 is 0.562 bits per heavy atom. The highest BCUT2D eigenvalue weighted by Gasteiger charge is 2.12. The van der Waals surface area contributed by atoms with Crippen LogP contribution in [-0.2, 0) is 19.1 Å². The van der Waals surface area contributed by atoms with E-state index < -0.39 is 5.97 Å². The number of carbonyl (C=O) groups excluding carboxylic acids is 2. The quantitative estimate of drug-likeness (QED) is 0.0397. The van der Waals surface area contributed by atoms with E-state index in [1.165, 1.54) is 89.9 Å². The zero-order valence-electron chi connectivity index (χ0n) is 31.1. The van der Waals surface area contributed by atoms with Crippen LogP contribution in [0.3, 0.4) is 0 Å². The maximum Gasteiger partial charge on any atom is 0.322 e. The molecule has 0 fully saturated rings. The first-order valence-corrected chi connectivity index (χ1v) is 19.8. The van der Waals surface area contributed by atoms with Crippen LogP contribution < -0.4 is 5.32 Å². The first-order chi connectivity index (χ1) is 23.5.